The molecule has 0 radical (unpaired) electrons. The smallest absolute Gasteiger partial charge is 0.0315 e. The van der Waals surface area contributed by atoms with Crippen molar-refractivity contribution in [2.24, 2.45) is 17.6 Å². The summed E-state index contributed by atoms with van der Waals surface area (Å²) in [4.78, 5) is 1.41. The molecule has 1 aromatic heterocycles. The molecular weight excluding hydrogens is 294 g/mol. The zero-order valence-electron chi connectivity index (χ0n) is 10.7. The maximum Gasteiger partial charge on any atom is 0.0315 e. The third kappa shape index (κ3) is 3.33. The van der Waals surface area contributed by atoms with Crippen LogP contribution in [0.25, 0.3) is 0 Å². The molecule has 0 atom stereocenters. The van der Waals surface area contributed by atoms with E-state index in [2.05, 4.69) is 41.2 Å². The van der Waals surface area contributed by atoms with E-state index in [0.717, 1.165) is 18.3 Å². The highest BCUT2D eigenvalue weighted by molar-refractivity contribution is 9.10. The monoisotopic (exact) mass is 315 g/mol. The van der Waals surface area contributed by atoms with Crippen LogP contribution in [-0.2, 0) is 6.42 Å². The summed E-state index contributed by atoms with van der Waals surface area (Å²) in [5.74, 6) is 1.70. The fraction of sp³-hybridized carbons (Fsp3) is 0.714. The van der Waals surface area contributed by atoms with Crippen molar-refractivity contribution in [3.63, 3.8) is 0 Å². The summed E-state index contributed by atoms with van der Waals surface area (Å²) < 4.78 is 1.23. The van der Waals surface area contributed by atoms with Crippen molar-refractivity contribution in [3.8, 4) is 0 Å². The van der Waals surface area contributed by atoms with Crippen LogP contribution >= 0.6 is 27.3 Å². The van der Waals surface area contributed by atoms with E-state index in [9.17, 15) is 0 Å². The molecule has 2 rings (SSSR count). The summed E-state index contributed by atoms with van der Waals surface area (Å²) >= 11 is 5.43. The van der Waals surface area contributed by atoms with Gasteiger partial charge in [-0.05, 0) is 64.9 Å². The Hall–Kier alpha value is 0.140. The summed E-state index contributed by atoms with van der Waals surface area (Å²) in [5.41, 5.74) is 6.61. The Balaban J connectivity index is 1.96. The van der Waals surface area contributed by atoms with Crippen molar-refractivity contribution in [3.05, 3.63) is 20.8 Å². The Morgan fingerprint density at radius 2 is 2.12 bits per heavy atom. The van der Waals surface area contributed by atoms with E-state index in [1.807, 2.05) is 11.3 Å². The van der Waals surface area contributed by atoms with Gasteiger partial charge in [-0.25, -0.2) is 0 Å². The Bertz CT molecular complexity index is 364. The molecule has 1 heterocycles. The first-order valence-corrected chi connectivity index (χ1v) is 8.18. The Labute approximate surface area is 117 Å². The molecule has 0 bridgehead atoms. The lowest BCUT2D eigenvalue weighted by Crippen LogP contribution is -2.45. The van der Waals surface area contributed by atoms with Gasteiger partial charge in [0.1, 0.15) is 0 Å². The molecule has 0 spiro atoms. The van der Waals surface area contributed by atoms with Crippen LogP contribution in [0.1, 0.15) is 44.4 Å². The number of hydrogen-bond acceptors (Lipinski definition) is 2. The first kappa shape index (κ1) is 13.6. The molecule has 1 aliphatic carbocycles. The van der Waals surface area contributed by atoms with Crippen molar-refractivity contribution in [2.75, 3.05) is 0 Å². The van der Waals surface area contributed by atoms with Gasteiger partial charge in [0.05, 0.1) is 0 Å². The lowest BCUT2D eigenvalue weighted by Gasteiger charge is -2.38. The maximum atomic E-state index is 6.57. The minimum Gasteiger partial charge on any atom is -0.325 e. The largest absolute Gasteiger partial charge is 0.325 e. The second kappa shape index (κ2) is 5.41. The SMILES string of the molecule is CC(C)C1CCC(N)(Cc2sccc2Br)CC1. The second-order valence-corrected chi connectivity index (χ2v) is 7.67. The molecule has 0 unspecified atom stereocenters. The molecule has 0 saturated heterocycles. The highest BCUT2D eigenvalue weighted by atomic mass is 79.9. The van der Waals surface area contributed by atoms with Gasteiger partial charge in [-0.15, -0.1) is 11.3 Å². The first-order chi connectivity index (χ1) is 8.00. The van der Waals surface area contributed by atoms with Crippen molar-refractivity contribution in [1.29, 1.82) is 0 Å². The van der Waals surface area contributed by atoms with Crippen LogP contribution in [0.3, 0.4) is 0 Å². The van der Waals surface area contributed by atoms with Crippen LogP contribution in [0.4, 0.5) is 0 Å². The average Bonchev–Trinajstić information content (AvgIpc) is 2.64. The molecule has 0 aliphatic heterocycles. The number of rotatable bonds is 3. The highest BCUT2D eigenvalue weighted by Gasteiger charge is 2.33. The first-order valence-electron chi connectivity index (χ1n) is 6.51. The van der Waals surface area contributed by atoms with Crippen molar-refractivity contribution in [1.82, 2.24) is 0 Å². The Morgan fingerprint density at radius 3 is 2.59 bits per heavy atom. The molecule has 1 saturated carbocycles. The third-order valence-corrected chi connectivity index (χ3v) is 6.10. The van der Waals surface area contributed by atoms with E-state index in [-0.39, 0.29) is 5.54 Å². The van der Waals surface area contributed by atoms with Crippen LogP contribution < -0.4 is 5.73 Å². The fourth-order valence-electron chi connectivity index (χ4n) is 2.83. The van der Waals surface area contributed by atoms with Gasteiger partial charge in [0.25, 0.3) is 0 Å². The van der Waals surface area contributed by atoms with Gasteiger partial charge < -0.3 is 5.73 Å². The lowest BCUT2D eigenvalue weighted by atomic mass is 9.72. The van der Waals surface area contributed by atoms with Gasteiger partial charge in [-0.3, -0.25) is 0 Å². The Morgan fingerprint density at radius 1 is 1.47 bits per heavy atom. The molecule has 1 aliphatic rings. The molecule has 1 aromatic rings. The van der Waals surface area contributed by atoms with E-state index < -0.39 is 0 Å². The third-order valence-electron chi connectivity index (χ3n) is 4.17. The van der Waals surface area contributed by atoms with E-state index in [0.29, 0.717) is 0 Å². The van der Waals surface area contributed by atoms with E-state index in [4.69, 9.17) is 5.73 Å². The standard InChI is InChI=1S/C14H22BrNS/c1-10(2)11-3-6-14(16,7-4-11)9-13-12(15)5-8-17-13/h5,8,10-11H,3-4,6-7,9,16H2,1-2H3. The van der Waals surface area contributed by atoms with Crippen LogP contribution in [0.5, 0.6) is 0 Å². The summed E-state index contributed by atoms with van der Waals surface area (Å²) in [5, 5.41) is 2.14. The molecule has 3 heteroatoms. The minimum atomic E-state index is 0.0404. The van der Waals surface area contributed by atoms with Gasteiger partial charge in [0, 0.05) is 21.3 Å². The molecule has 0 amide bonds. The fourth-order valence-corrected chi connectivity index (χ4v) is 4.48. The molecule has 17 heavy (non-hydrogen) atoms. The topological polar surface area (TPSA) is 26.0 Å². The van der Waals surface area contributed by atoms with Gasteiger partial charge in [0.2, 0.25) is 0 Å². The molecule has 0 aromatic carbocycles. The quantitative estimate of drug-likeness (QED) is 0.867. The van der Waals surface area contributed by atoms with Gasteiger partial charge >= 0.3 is 0 Å². The van der Waals surface area contributed by atoms with E-state index >= 15 is 0 Å². The molecule has 96 valence electrons. The predicted octanol–water partition coefficient (Wildman–Crippen LogP) is 4.60. The maximum absolute atomic E-state index is 6.57. The lowest BCUT2D eigenvalue weighted by molar-refractivity contribution is 0.195. The average molecular weight is 316 g/mol. The van der Waals surface area contributed by atoms with Crippen LogP contribution in [0.15, 0.2) is 15.9 Å². The molecule has 1 fully saturated rings. The molecule has 2 N–H and O–H groups in total. The van der Waals surface area contributed by atoms with Gasteiger partial charge in [0.15, 0.2) is 0 Å². The normalized spacial score (nSPS) is 29.8. The second-order valence-electron chi connectivity index (χ2n) is 5.81. The van der Waals surface area contributed by atoms with E-state index in [1.54, 1.807) is 0 Å². The summed E-state index contributed by atoms with van der Waals surface area (Å²) in [6.45, 7) is 4.67. The van der Waals surface area contributed by atoms with Crippen molar-refractivity contribution < 1.29 is 0 Å². The Kier molecular flexibility index (Phi) is 4.32. The van der Waals surface area contributed by atoms with Crippen molar-refractivity contribution in [2.45, 2.75) is 51.5 Å². The summed E-state index contributed by atoms with van der Waals surface area (Å²) in [6, 6.07) is 2.13. The summed E-state index contributed by atoms with van der Waals surface area (Å²) in [7, 11) is 0. The number of hydrogen-bond donors (Lipinski definition) is 1. The van der Waals surface area contributed by atoms with Crippen LogP contribution in [0, 0.1) is 11.8 Å². The molecule has 1 nitrogen and oxygen atoms in total. The zero-order chi connectivity index (χ0) is 12.5. The number of nitrogens with two attached hydrogens (primary N) is 1. The zero-order valence-corrected chi connectivity index (χ0v) is 13.1. The highest BCUT2D eigenvalue weighted by Crippen LogP contribution is 2.38. The van der Waals surface area contributed by atoms with Crippen molar-refractivity contribution >= 4 is 27.3 Å². The number of halogens is 1. The van der Waals surface area contributed by atoms with Gasteiger partial charge in [-0.2, -0.15) is 0 Å². The number of thiophene rings is 1. The van der Waals surface area contributed by atoms with Gasteiger partial charge in [-0.1, -0.05) is 13.8 Å². The van der Waals surface area contributed by atoms with Crippen LogP contribution in [-0.4, -0.2) is 5.54 Å². The predicted molar refractivity (Wildman–Crippen MR) is 79.4 cm³/mol. The molecular formula is C14H22BrNS. The van der Waals surface area contributed by atoms with Crippen LogP contribution in [0.2, 0.25) is 0 Å². The minimum absolute atomic E-state index is 0.0404. The summed E-state index contributed by atoms with van der Waals surface area (Å²) in [6.07, 6.45) is 6.00. The van der Waals surface area contributed by atoms with E-state index in [1.165, 1.54) is 35.0 Å².